The molecule has 2 fully saturated rings. The van der Waals surface area contributed by atoms with Crippen LogP contribution < -0.4 is 15.5 Å². The molecular formula is C23H28Cl2N6O. The van der Waals surface area contributed by atoms with Crippen molar-refractivity contribution in [2.45, 2.75) is 31.8 Å². The second-order valence-corrected chi connectivity index (χ2v) is 9.15. The monoisotopic (exact) mass is 474 g/mol. The van der Waals surface area contributed by atoms with Gasteiger partial charge in [0.05, 0.1) is 17.8 Å². The summed E-state index contributed by atoms with van der Waals surface area (Å²) in [7, 11) is 0. The number of carbonyl (C=O) groups is 1. The number of hydrogen-bond acceptors (Lipinski definition) is 6. The number of benzene rings is 2. The zero-order chi connectivity index (χ0) is 22.7. The van der Waals surface area contributed by atoms with E-state index in [1.165, 1.54) is 0 Å². The van der Waals surface area contributed by atoms with Gasteiger partial charge in [-0.2, -0.15) is 5.11 Å². The number of nitrogens with one attached hydrogen (secondary N) is 3. The van der Waals surface area contributed by atoms with Gasteiger partial charge in [-0.05, 0) is 62.2 Å². The SMILES string of the molecule is C[C@@H](Nc1cc(N2CCN(C(=O)[C@H]3CCCN3)CC2)ccc1N=N)c1ccc(Cl)cc1Cl. The molecule has 0 aliphatic carbocycles. The van der Waals surface area contributed by atoms with Gasteiger partial charge in [-0.25, -0.2) is 5.53 Å². The molecule has 2 heterocycles. The van der Waals surface area contributed by atoms with E-state index >= 15 is 0 Å². The molecule has 0 spiro atoms. The lowest BCUT2D eigenvalue weighted by molar-refractivity contribution is -0.133. The number of halogens is 2. The van der Waals surface area contributed by atoms with Crippen molar-refractivity contribution in [1.29, 1.82) is 5.53 Å². The van der Waals surface area contributed by atoms with Crippen molar-refractivity contribution >= 4 is 46.2 Å². The predicted molar refractivity (Wildman–Crippen MR) is 130 cm³/mol. The Morgan fingerprint density at radius 2 is 1.97 bits per heavy atom. The summed E-state index contributed by atoms with van der Waals surface area (Å²) < 4.78 is 0. The fourth-order valence-electron chi connectivity index (χ4n) is 4.40. The summed E-state index contributed by atoms with van der Waals surface area (Å²) in [6.07, 6.45) is 2.00. The summed E-state index contributed by atoms with van der Waals surface area (Å²) in [6.45, 7) is 5.90. The average Bonchev–Trinajstić information content (AvgIpc) is 3.33. The van der Waals surface area contributed by atoms with Gasteiger partial charge < -0.3 is 20.4 Å². The molecule has 2 saturated heterocycles. The van der Waals surface area contributed by atoms with Crippen LogP contribution in [0, 0.1) is 5.53 Å². The second-order valence-electron chi connectivity index (χ2n) is 8.31. The number of rotatable bonds is 6. The lowest BCUT2D eigenvalue weighted by Gasteiger charge is -2.37. The van der Waals surface area contributed by atoms with E-state index in [1.807, 2.05) is 42.2 Å². The van der Waals surface area contributed by atoms with Crippen LogP contribution in [0.25, 0.3) is 0 Å². The third kappa shape index (κ3) is 5.00. The van der Waals surface area contributed by atoms with Crippen LogP contribution in [0.2, 0.25) is 10.0 Å². The number of nitrogens with zero attached hydrogens (tertiary/aromatic N) is 3. The minimum Gasteiger partial charge on any atom is -0.377 e. The third-order valence-electron chi connectivity index (χ3n) is 6.22. The van der Waals surface area contributed by atoms with E-state index in [9.17, 15) is 4.79 Å². The predicted octanol–water partition coefficient (Wildman–Crippen LogP) is 5.23. The van der Waals surface area contributed by atoms with Crippen LogP contribution in [0.5, 0.6) is 0 Å². The number of amides is 1. The van der Waals surface area contributed by atoms with E-state index in [2.05, 4.69) is 20.6 Å². The molecule has 0 aromatic heterocycles. The minimum atomic E-state index is -0.0936. The van der Waals surface area contributed by atoms with Gasteiger partial charge in [0.15, 0.2) is 0 Å². The number of carbonyl (C=O) groups excluding carboxylic acids is 1. The quantitative estimate of drug-likeness (QED) is 0.500. The van der Waals surface area contributed by atoms with Crippen LogP contribution in [0.4, 0.5) is 17.1 Å². The topological polar surface area (TPSA) is 83.8 Å². The van der Waals surface area contributed by atoms with Crippen molar-refractivity contribution in [2.75, 3.05) is 42.9 Å². The molecule has 0 saturated carbocycles. The molecule has 32 heavy (non-hydrogen) atoms. The maximum absolute atomic E-state index is 12.7. The minimum absolute atomic E-state index is 0.0171. The Kier molecular flexibility index (Phi) is 7.18. The van der Waals surface area contributed by atoms with Crippen molar-refractivity contribution in [3.63, 3.8) is 0 Å². The van der Waals surface area contributed by atoms with Crippen LogP contribution >= 0.6 is 23.2 Å². The van der Waals surface area contributed by atoms with Gasteiger partial charge in [0.1, 0.15) is 5.69 Å². The van der Waals surface area contributed by atoms with Gasteiger partial charge >= 0.3 is 0 Å². The molecule has 2 atom stereocenters. The van der Waals surface area contributed by atoms with E-state index in [1.54, 1.807) is 6.07 Å². The van der Waals surface area contributed by atoms with Gasteiger partial charge in [-0.15, -0.1) is 0 Å². The standard InChI is InChI=1S/C23H28Cl2N6O/c1-15(18-6-4-16(24)13-19(18)25)28-22-14-17(5-7-20(22)29-26)30-9-11-31(12-10-30)23(32)21-3-2-8-27-21/h4-7,13-15,21,26-28H,2-3,8-12H2,1H3/t15-,21-/m1/s1. The first-order chi connectivity index (χ1) is 15.5. The summed E-state index contributed by atoms with van der Waals surface area (Å²) in [5.74, 6) is 0.224. The number of anilines is 2. The van der Waals surface area contributed by atoms with Gasteiger partial charge in [0, 0.05) is 41.9 Å². The van der Waals surface area contributed by atoms with E-state index < -0.39 is 0 Å². The molecule has 2 aromatic rings. The molecule has 170 valence electrons. The third-order valence-corrected chi connectivity index (χ3v) is 6.78. The molecule has 2 aromatic carbocycles. The molecule has 9 heteroatoms. The fraction of sp³-hybridized carbons (Fsp3) is 0.435. The lowest BCUT2D eigenvalue weighted by Crippen LogP contribution is -2.53. The maximum Gasteiger partial charge on any atom is 0.239 e. The van der Waals surface area contributed by atoms with Gasteiger partial charge in [0.25, 0.3) is 0 Å². The molecule has 2 aliphatic rings. The molecule has 1 amide bonds. The van der Waals surface area contributed by atoms with Crippen molar-refractivity contribution in [3.8, 4) is 0 Å². The fourth-order valence-corrected chi connectivity index (χ4v) is 4.97. The van der Waals surface area contributed by atoms with E-state index in [4.69, 9.17) is 28.7 Å². The van der Waals surface area contributed by atoms with Gasteiger partial charge in [0.2, 0.25) is 5.91 Å². The Balaban J connectivity index is 1.45. The highest BCUT2D eigenvalue weighted by Gasteiger charge is 2.29. The van der Waals surface area contributed by atoms with Crippen molar-refractivity contribution in [2.24, 2.45) is 5.11 Å². The Bertz CT molecular complexity index is 986. The van der Waals surface area contributed by atoms with E-state index in [0.717, 1.165) is 49.4 Å². The molecule has 7 nitrogen and oxygen atoms in total. The zero-order valence-electron chi connectivity index (χ0n) is 18.1. The molecular weight excluding hydrogens is 447 g/mol. The van der Waals surface area contributed by atoms with E-state index in [0.29, 0.717) is 28.8 Å². The van der Waals surface area contributed by atoms with Crippen molar-refractivity contribution < 1.29 is 4.79 Å². The van der Waals surface area contributed by atoms with Crippen LogP contribution in [-0.4, -0.2) is 49.6 Å². The number of hydrogen-bond donors (Lipinski definition) is 3. The Labute approximate surface area is 198 Å². The largest absolute Gasteiger partial charge is 0.377 e. The summed E-state index contributed by atoms with van der Waals surface area (Å²) >= 11 is 12.4. The highest BCUT2D eigenvalue weighted by Crippen LogP contribution is 2.35. The average molecular weight is 475 g/mol. The smallest absolute Gasteiger partial charge is 0.239 e. The Morgan fingerprint density at radius 1 is 1.19 bits per heavy atom. The molecule has 0 unspecified atom stereocenters. The summed E-state index contributed by atoms with van der Waals surface area (Å²) in [4.78, 5) is 16.9. The van der Waals surface area contributed by atoms with Crippen LogP contribution in [-0.2, 0) is 4.79 Å². The van der Waals surface area contributed by atoms with Crippen LogP contribution in [0.15, 0.2) is 41.5 Å². The zero-order valence-corrected chi connectivity index (χ0v) is 19.6. The Morgan fingerprint density at radius 3 is 2.62 bits per heavy atom. The molecule has 3 N–H and O–H groups in total. The van der Waals surface area contributed by atoms with Gasteiger partial charge in [-0.1, -0.05) is 29.3 Å². The van der Waals surface area contributed by atoms with Crippen molar-refractivity contribution in [1.82, 2.24) is 10.2 Å². The first-order valence-corrected chi connectivity index (χ1v) is 11.7. The first-order valence-electron chi connectivity index (χ1n) is 11.0. The highest BCUT2D eigenvalue weighted by atomic mass is 35.5. The normalized spacial score (nSPS) is 19.7. The Hall–Kier alpha value is -2.35. The molecule has 0 radical (unpaired) electrons. The van der Waals surface area contributed by atoms with Crippen molar-refractivity contribution in [3.05, 3.63) is 52.0 Å². The second kappa shape index (κ2) is 10.1. The summed E-state index contributed by atoms with van der Waals surface area (Å²) in [5, 5.41) is 11.6. The first kappa shape index (κ1) is 22.8. The van der Waals surface area contributed by atoms with Crippen LogP contribution in [0.1, 0.15) is 31.4 Å². The molecule has 2 aliphatic heterocycles. The molecule has 4 rings (SSSR count). The lowest BCUT2D eigenvalue weighted by atomic mass is 10.1. The highest BCUT2D eigenvalue weighted by molar-refractivity contribution is 6.35. The maximum atomic E-state index is 12.7. The van der Waals surface area contributed by atoms with E-state index in [-0.39, 0.29) is 18.0 Å². The number of piperazine rings is 1. The van der Waals surface area contributed by atoms with Gasteiger partial charge in [-0.3, -0.25) is 4.79 Å². The summed E-state index contributed by atoms with van der Waals surface area (Å²) in [6, 6.07) is 11.2. The summed E-state index contributed by atoms with van der Waals surface area (Å²) in [5.41, 5.74) is 10.8. The molecule has 0 bridgehead atoms. The van der Waals surface area contributed by atoms with Crippen LogP contribution in [0.3, 0.4) is 0 Å².